The molecule has 1 aliphatic heterocycles. The zero-order chi connectivity index (χ0) is 14.5. The molecule has 1 aliphatic carbocycles. The number of rotatable bonds is 6. The number of likely N-dealkylation sites (N-methyl/N-ethyl adjacent to an activating group) is 1. The van der Waals surface area contributed by atoms with Crippen LogP contribution in [0.1, 0.15) is 38.5 Å². The Bertz CT molecular complexity index is 316. The van der Waals surface area contributed by atoms with Crippen LogP contribution in [0.5, 0.6) is 0 Å². The number of ether oxygens (including phenoxy) is 1. The molecule has 2 aliphatic rings. The molecule has 0 bridgehead atoms. The normalized spacial score (nSPS) is 27.4. The van der Waals surface area contributed by atoms with E-state index in [-0.39, 0.29) is 18.1 Å². The highest BCUT2D eigenvalue weighted by molar-refractivity contribution is 5.81. The summed E-state index contributed by atoms with van der Waals surface area (Å²) < 4.78 is 5.79. The summed E-state index contributed by atoms with van der Waals surface area (Å²) in [7, 11) is 4.10. The summed E-state index contributed by atoms with van der Waals surface area (Å²) in [6.45, 7) is 2.24. The fourth-order valence-electron chi connectivity index (χ4n) is 3.24. The van der Waals surface area contributed by atoms with Crippen molar-refractivity contribution in [3.05, 3.63) is 0 Å². The molecule has 2 rings (SSSR count). The minimum absolute atomic E-state index is 0.0724. The van der Waals surface area contributed by atoms with Crippen molar-refractivity contribution in [2.75, 3.05) is 33.7 Å². The van der Waals surface area contributed by atoms with Crippen LogP contribution in [0.15, 0.2) is 0 Å². The second kappa shape index (κ2) is 7.38. The van der Waals surface area contributed by atoms with E-state index in [0.717, 1.165) is 38.8 Å². The Kier molecular flexibility index (Phi) is 5.81. The molecule has 0 aromatic rings. The quantitative estimate of drug-likeness (QED) is 0.784. The third-order valence-electron chi connectivity index (χ3n) is 4.48. The molecule has 2 fully saturated rings. The lowest BCUT2D eigenvalue weighted by atomic mass is 10.1. The molecule has 0 aromatic heterocycles. The fraction of sp³-hybridized carbons (Fsp3) is 0.933. The molecule has 2 unspecified atom stereocenters. The molecule has 1 amide bonds. The molecule has 1 saturated carbocycles. The number of carbonyl (C=O) groups is 1. The Balaban J connectivity index is 1.95. The Morgan fingerprint density at radius 3 is 2.40 bits per heavy atom. The van der Waals surface area contributed by atoms with Gasteiger partial charge in [-0.05, 0) is 39.8 Å². The van der Waals surface area contributed by atoms with Crippen LogP contribution in [0.2, 0.25) is 0 Å². The predicted molar refractivity (Wildman–Crippen MR) is 79.5 cm³/mol. The molecular formula is C15H29N3O2. The first-order valence-electron chi connectivity index (χ1n) is 7.92. The Morgan fingerprint density at radius 2 is 1.85 bits per heavy atom. The van der Waals surface area contributed by atoms with Crippen molar-refractivity contribution in [1.82, 2.24) is 9.80 Å². The van der Waals surface area contributed by atoms with Gasteiger partial charge in [0.05, 0.1) is 6.10 Å². The van der Waals surface area contributed by atoms with E-state index in [2.05, 4.69) is 9.80 Å². The topological polar surface area (TPSA) is 58.8 Å². The van der Waals surface area contributed by atoms with Crippen LogP contribution < -0.4 is 5.73 Å². The Hall–Kier alpha value is -0.650. The van der Waals surface area contributed by atoms with Crippen molar-refractivity contribution in [2.45, 2.75) is 56.8 Å². The molecule has 116 valence electrons. The highest BCUT2D eigenvalue weighted by atomic mass is 16.5. The number of amides is 1. The zero-order valence-corrected chi connectivity index (χ0v) is 12.9. The van der Waals surface area contributed by atoms with E-state index in [1.54, 1.807) is 0 Å². The summed E-state index contributed by atoms with van der Waals surface area (Å²) in [5, 5.41) is 0. The van der Waals surface area contributed by atoms with Crippen molar-refractivity contribution >= 4 is 5.91 Å². The summed E-state index contributed by atoms with van der Waals surface area (Å²) in [5.74, 6) is 0.190. The zero-order valence-electron chi connectivity index (χ0n) is 12.9. The smallest absolute Gasteiger partial charge is 0.252 e. The largest absolute Gasteiger partial charge is 0.364 e. The average Bonchev–Trinajstić information content (AvgIpc) is 3.09. The number of hydrogen-bond donors (Lipinski definition) is 1. The van der Waals surface area contributed by atoms with Crippen LogP contribution in [-0.2, 0) is 9.53 Å². The molecule has 5 heteroatoms. The SMILES string of the molecule is CN(C)CCN(C(=O)C1CCC(CN)O1)C1CCCC1. The van der Waals surface area contributed by atoms with Gasteiger partial charge in [0.15, 0.2) is 0 Å². The predicted octanol–water partition coefficient (Wildman–Crippen LogP) is 0.826. The second-order valence-electron chi connectivity index (χ2n) is 6.33. The molecule has 1 heterocycles. The van der Waals surface area contributed by atoms with Crippen LogP contribution in [0, 0.1) is 0 Å². The lowest BCUT2D eigenvalue weighted by Crippen LogP contribution is -2.47. The number of carbonyl (C=O) groups excluding carboxylic acids is 1. The molecule has 5 nitrogen and oxygen atoms in total. The molecule has 20 heavy (non-hydrogen) atoms. The van der Waals surface area contributed by atoms with Crippen LogP contribution in [0.25, 0.3) is 0 Å². The molecule has 0 radical (unpaired) electrons. The first kappa shape index (κ1) is 15.7. The summed E-state index contributed by atoms with van der Waals surface area (Å²) in [6.07, 6.45) is 6.33. The summed E-state index contributed by atoms with van der Waals surface area (Å²) in [5.41, 5.74) is 5.64. The van der Waals surface area contributed by atoms with Crippen molar-refractivity contribution < 1.29 is 9.53 Å². The highest BCUT2D eigenvalue weighted by Crippen LogP contribution is 2.27. The summed E-state index contributed by atoms with van der Waals surface area (Å²) in [6, 6.07) is 0.419. The monoisotopic (exact) mass is 283 g/mol. The van der Waals surface area contributed by atoms with Gasteiger partial charge in [-0.3, -0.25) is 4.79 Å². The van der Waals surface area contributed by atoms with Crippen LogP contribution in [0.4, 0.5) is 0 Å². The Labute approximate surface area is 122 Å². The van der Waals surface area contributed by atoms with Crippen molar-refractivity contribution in [3.63, 3.8) is 0 Å². The maximum atomic E-state index is 12.7. The third kappa shape index (κ3) is 3.93. The minimum Gasteiger partial charge on any atom is -0.364 e. The molecular weight excluding hydrogens is 254 g/mol. The van der Waals surface area contributed by atoms with Gasteiger partial charge < -0.3 is 20.3 Å². The van der Waals surface area contributed by atoms with Gasteiger partial charge in [0, 0.05) is 25.7 Å². The van der Waals surface area contributed by atoms with Crippen molar-refractivity contribution in [2.24, 2.45) is 5.73 Å². The standard InChI is InChI=1S/C15H29N3O2/c1-17(2)9-10-18(12-5-3-4-6-12)15(19)14-8-7-13(11-16)20-14/h12-14H,3-11,16H2,1-2H3. The van der Waals surface area contributed by atoms with E-state index in [4.69, 9.17) is 10.5 Å². The first-order chi connectivity index (χ1) is 9.61. The molecule has 2 N–H and O–H groups in total. The third-order valence-corrected chi connectivity index (χ3v) is 4.48. The van der Waals surface area contributed by atoms with E-state index in [1.165, 1.54) is 12.8 Å². The summed E-state index contributed by atoms with van der Waals surface area (Å²) >= 11 is 0. The van der Waals surface area contributed by atoms with Gasteiger partial charge in [0.2, 0.25) is 0 Å². The van der Waals surface area contributed by atoms with Gasteiger partial charge >= 0.3 is 0 Å². The highest BCUT2D eigenvalue weighted by Gasteiger charge is 2.36. The van der Waals surface area contributed by atoms with Gasteiger partial charge in [0.25, 0.3) is 5.91 Å². The number of hydrogen-bond acceptors (Lipinski definition) is 4. The lowest BCUT2D eigenvalue weighted by Gasteiger charge is -2.32. The fourth-order valence-corrected chi connectivity index (χ4v) is 3.24. The van der Waals surface area contributed by atoms with E-state index < -0.39 is 0 Å². The molecule has 1 saturated heterocycles. The summed E-state index contributed by atoms with van der Waals surface area (Å²) in [4.78, 5) is 17.0. The van der Waals surface area contributed by atoms with E-state index >= 15 is 0 Å². The van der Waals surface area contributed by atoms with Gasteiger partial charge in [-0.15, -0.1) is 0 Å². The van der Waals surface area contributed by atoms with Gasteiger partial charge in [-0.2, -0.15) is 0 Å². The molecule has 0 spiro atoms. The lowest BCUT2D eigenvalue weighted by molar-refractivity contribution is -0.145. The van der Waals surface area contributed by atoms with E-state index in [0.29, 0.717) is 12.6 Å². The molecule has 2 atom stereocenters. The maximum absolute atomic E-state index is 12.7. The Morgan fingerprint density at radius 1 is 1.15 bits per heavy atom. The van der Waals surface area contributed by atoms with Gasteiger partial charge in [-0.25, -0.2) is 0 Å². The van der Waals surface area contributed by atoms with Crippen LogP contribution >= 0.6 is 0 Å². The van der Waals surface area contributed by atoms with Crippen LogP contribution in [-0.4, -0.2) is 67.7 Å². The van der Waals surface area contributed by atoms with E-state index in [1.807, 2.05) is 14.1 Å². The molecule has 0 aromatic carbocycles. The number of nitrogens with two attached hydrogens (primary N) is 1. The minimum atomic E-state index is -0.258. The second-order valence-corrected chi connectivity index (χ2v) is 6.33. The van der Waals surface area contributed by atoms with Gasteiger partial charge in [0.1, 0.15) is 6.10 Å². The van der Waals surface area contributed by atoms with Gasteiger partial charge in [-0.1, -0.05) is 12.8 Å². The van der Waals surface area contributed by atoms with Crippen molar-refractivity contribution in [1.29, 1.82) is 0 Å². The first-order valence-corrected chi connectivity index (χ1v) is 7.92. The number of nitrogens with zero attached hydrogens (tertiary/aromatic N) is 2. The van der Waals surface area contributed by atoms with Crippen LogP contribution in [0.3, 0.4) is 0 Å². The van der Waals surface area contributed by atoms with E-state index in [9.17, 15) is 4.79 Å². The van der Waals surface area contributed by atoms with Crippen molar-refractivity contribution in [3.8, 4) is 0 Å². The average molecular weight is 283 g/mol. The maximum Gasteiger partial charge on any atom is 0.252 e.